The van der Waals surface area contributed by atoms with Crippen molar-refractivity contribution >= 4 is 11.6 Å². The zero-order chi connectivity index (χ0) is 10.3. The molecule has 1 aliphatic rings. The van der Waals surface area contributed by atoms with Crippen LogP contribution in [0.2, 0.25) is 0 Å². The molecule has 0 radical (unpaired) electrons. The van der Waals surface area contributed by atoms with Crippen molar-refractivity contribution in [2.75, 3.05) is 5.32 Å². The second-order valence-electron chi connectivity index (χ2n) is 4.27. The van der Waals surface area contributed by atoms with Gasteiger partial charge in [0.05, 0.1) is 5.41 Å². The summed E-state index contributed by atoms with van der Waals surface area (Å²) in [6.07, 6.45) is 0.974. The van der Waals surface area contributed by atoms with Crippen LogP contribution >= 0.6 is 0 Å². The Bertz CT molecular complexity index is 393. The maximum absolute atomic E-state index is 11.7. The zero-order valence-electron chi connectivity index (χ0n) is 8.85. The highest BCUT2D eigenvalue weighted by molar-refractivity contribution is 6.06. The molecule has 2 rings (SSSR count). The molecular formula is C12H15NO. The molecule has 1 aromatic rings. The third kappa shape index (κ3) is 1.07. The van der Waals surface area contributed by atoms with Crippen molar-refractivity contribution in [2.45, 2.75) is 32.6 Å². The van der Waals surface area contributed by atoms with E-state index in [9.17, 15) is 4.79 Å². The van der Waals surface area contributed by atoms with Gasteiger partial charge in [0.25, 0.3) is 0 Å². The van der Waals surface area contributed by atoms with Gasteiger partial charge in [-0.1, -0.05) is 19.1 Å². The molecule has 74 valence electrons. The summed E-state index contributed by atoms with van der Waals surface area (Å²) in [6, 6.07) is 6.07. The fourth-order valence-electron chi connectivity index (χ4n) is 2.13. The predicted molar refractivity (Wildman–Crippen MR) is 57.5 cm³/mol. The molecule has 0 aromatic heterocycles. The maximum Gasteiger partial charge on any atom is 0.234 e. The second-order valence-corrected chi connectivity index (χ2v) is 4.27. The summed E-state index contributed by atoms with van der Waals surface area (Å²) in [5.74, 6) is 0.105. The molecule has 2 heteroatoms. The molecule has 0 fully saturated rings. The monoisotopic (exact) mass is 189 g/mol. The van der Waals surface area contributed by atoms with Gasteiger partial charge in [-0.2, -0.15) is 0 Å². The topological polar surface area (TPSA) is 29.1 Å². The number of aryl methyl sites for hydroxylation is 1. The molecule has 0 aliphatic carbocycles. The van der Waals surface area contributed by atoms with Crippen LogP contribution in [0.3, 0.4) is 0 Å². The van der Waals surface area contributed by atoms with E-state index in [2.05, 4.69) is 18.3 Å². The van der Waals surface area contributed by atoms with Crippen LogP contribution in [0.25, 0.3) is 0 Å². The Kier molecular flexibility index (Phi) is 1.88. The lowest BCUT2D eigenvalue weighted by molar-refractivity contribution is -0.119. The first-order valence-electron chi connectivity index (χ1n) is 5.01. The molecule has 0 spiro atoms. The Morgan fingerprint density at radius 2 is 2.07 bits per heavy atom. The van der Waals surface area contributed by atoms with Crippen LogP contribution < -0.4 is 5.32 Å². The average molecular weight is 189 g/mol. The third-order valence-corrected chi connectivity index (χ3v) is 2.97. The summed E-state index contributed by atoms with van der Waals surface area (Å²) in [7, 11) is 0. The summed E-state index contributed by atoms with van der Waals surface area (Å²) < 4.78 is 0. The van der Waals surface area contributed by atoms with Gasteiger partial charge in [0, 0.05) is 5.69 Å². The van der Waals surface area contributed by atoms with Gasteiger partial charge in [0.2, 0.25) is 5.91 Å². The number of nitrogens with one attached hydrogen (secondary N) is 1. The quantitative estimate of drug-likeness (QED) is 0.722. The summed E-state index contributed by atoms with van der Waals surface area (Å²) in [5, 5.41) is 2.92. The van der Waals surface area contributed by atoms with E-state index in [0.29, 0.717) is 0 Å². The van der Waals surface area contributed by atoms with Crippen LogP contribution in [0.15, 0.2) is 18.2 Å². The highest BCUT2D eigenvalue weighted by Crippen LogP contribution is 2.39. The Morgan fingerprint density at radius 1 is 1.36 bits per heavy atom. The normalized spacial score (nSPS) is 17.8. The van der Waals surface area contributed by atoms with Gasteiger partial charge < -0.3 is 5.32 Å². The van der Waals surface area contributed by atoms with E-state index in [4.69, 9.17) is 0 Å². The Labute approximate surface area is 84.3 Å². The van der Waals surface area contributed by atoms with Gasteiger partial charge in [0.1, 0.15) is 0 Å². The number of fused-ring (bicyclic) bond motifs is 1. The molecular weight excluding hydrogens is 174 g/mol. The molecule has 0 saturated carbocycles. The summed E-state index contributed by atoms with van der Waals surface area (Å²) in [4.78, 5) is 11.7. The van der Waals surface area contributed by atoms with Crippen LogP contribution in [0, 0.1) is 0 Å². The van der Waals surface area contributed by atoms with Crippen LogP contribution in [-0.2, 0) is 16.6 Å². The van der Waals surface area contributed by atoms with Gasteiger partial charge in [-0.15, -0.1) is 0 Å². The van der Waals surface area contributed by atoms with E-state index in [0.717, 1.165) is 12.1 Å². The van der Waals surface area contributed by atoms with Crippen molar-refractivity contribution in [1.29, 1.82) is 0 Å². The molecule has 1 N–H and O–H groups in total. The number of benzene rings is 1. The highest BCUT2D eigenvalue weighted by Gasteiger charge is 2.39. The van der Waals surface area contributed by atoms with Crippen molar-refractivity contribution in [3.63, 3.8) is 0 Å². The fraction of sp³-hybridized carbons (Fsp3) is 0.417. The molecule has 0 saturated heterocycles. The van der Waals surface area contributed by atoms with Gasteiger partial charge in [0.15, 0.2) is 0 Å². The van der Waals surface area contributed by atoms with Gasteiger partial charge in [-0.25, -0.2) is 0 Å². The molecule has 0 unspecified atom stereocenters. The molecule has 1 heterocycles. The molecule has 14 heavy (non-hydrogen) atoms. The number of hydrogen-bond acceptors (Lipinski definition) is 1. The van der Waals surface area contributed by atoms with E-state index in [1.54, 1.807) is 0 Å². The van der Waals surface area contributed by atoms with Crippen molar-refractivity contribution < 1.29 is 4.79 Å². The Hall–Kier alpha value is -1.31. The standard InChI is InChI=1S/C12H15NO/c1-4-8-6-5-7-9-10(8)12(2,3)11(14)13-9/h5-7H,4H2,1-3H3,(H,13,14). The van der Waals surface area contributed by atoms with Gasteiger partial charge in [-0.05, 0) is 37.5 Å². The predicted octanol–water partition coefficient (Wildman–Crippen LogP) is 2.48. The van der Waals surface area contributed by atoms with E-state index < -0.39 is 0 Å². The minimum Gasteiger partial charge on any atom is -0.325 e. The van der Waals surface area contributed by atoms with E-state index in [1.165, 1.54) is 11.1 Å². The maximum atomic E-state index is 11.7. The average Bonchev–Trinajstić information content (AvgIpc) is 2.38. The number of amides is 1. The molecule has 1 aromatic carbocycles. The number of carbonyl (C=O) groups excluding carboxylic acids is 1. The molecule has 1 aliphatic heterocycles. The Morgan fingerprint density at radius 3 is 2.71 bits per heavy atom. The minimum absolute atomic E-state index is 0.105. The fourth-order valence-corrected chi connectivity index (χ4v) is 2.13. The third-order valence-electron chi connectivity index (χ3n) is 2.97. The zero-order valence-corrected chi connectivity index (χ0v) is 8.85. The first-order valence-corrected chi connectivity index (χ1v) is 5.01. The summed E-state index contributed by atoms with van der Waals surface area (Å²) in [6.45, 7) is 6.08. The molecule has 0 atom stereocenters. The van der Waals surface area contributed by atoms with Crippen molar-refractivity contribution in [3.05, 3.63) is 29.3 Å². The van der Waals surface area contributed by atoms with Crippen LogP contribution in [0.5, 0.6) is 0 Å². The van der Waals surface area contributed by atoms with Crippen molar-refractivity contribution in [1.82, 2.24) is 0 Å². The summed E-state index contributed by atoms with van der Waals surface area (Å²) in [5.41, 5.74) is 3.06. The first-order chi connectivity index (χ1) is 6.57. The number of anilines is 1. The Balaban J connectivity index is 2.66. The SMILES string of the molecule is CCc1cccc2c1C(C)(C)C(=O)N2. The van der Waals surface area contributed by atoms with E-state index in [-0.39, 0.29) is 11.3 Å². The molecule has 1 amide bonds. The second kappa shape index (κ2) is 2.84. The van der Waals surface area contributed by atoms with Gasteiger partial charge in [-0.3, -0.25) is 4.79 Å². The summed E-state index contributed by atoms with van der Waals surface area (Å²) >= 11 is 0. The van der Waals surface area contributed by atoms with E-state index >= 15 is 0 Å². The number of carbonyl (C=O) groups is 1. The number of rotatable bonds is 1. The van der Waals surface area contributed by atoms with Crippen molar-refractivity contribution in [3.8, 4) is 0 Å². The lowest BCUT2D eigenvalue weighted by atomic mass is 9.82. The molecule has 2 nitrogen and oxygen atoms in total. The first kappa shape index (κ1) is 9.25. The highest BCUT2D eigenvalue weighted by atomic mass is 16.2. The minimum atomic E-state index is -0.373. The van der Waals surface area contributed by atoms with E-state index in [1.807, 2.05) is 26.0 Å². The van der Waals surface area contributed by atoms with Crippen molar-refractivity contribution in [2.24, 2.45) is 0 Å². The van der Waals surface area contributed by atoms with Crippen LogP contribution in [0.1, 0.15) is 31.9 Å². The lowest BCUT2D eigenvalue weighted by Gasteiger charge is -2.18. The smallest absolute Gasteiger partial charge is 0.234 e. The lowest BCUT2D eigenvalue weighted by Crippen LogP contribution is -2.27. The van der Waals surface area contributed by atoms with Crippen LogP contribution in [-0.4, -0.2) is 5.91 Å². The van der Waals surface area contributed by atoms with Crippen LogP contribution in [0.4, 0.5) is 5.69 Å². The largest absolute Gasteiger partial charge is 0.325 e. The van der Waals surface area contributed by atoms with Gasteiger partial charge >= 0.3 is 0 Å². The number of hydrogen-bond donors (Lipinski definition) is 1. The molecule has 0 bridgehead atoms.